The van der Waals surface area contributed by atoms with E-state index in [4.69, 9.17) is 4.52 Å². The van der Waals surface area contributed by atoms with Crippen LogP contribution in [0.2, 0.25) is 0 Å². The van der Waals surface area contributed by atoms with Crippen LogP contribution in [0.1, 0.15) is 19.7 Å². The first-order valence-corrected chi connectivity index (χ1v) is 9.57. The zero-order valence-electron chi connectivity index (χ0n) is 16.8. The number of hydrogen-bond acceptors (Lipinski definition) is 6. The normalized spacial score (nSPS) is 15.6. The second kappa shape index (κ2) is 11.3. The summed E-state index contributed by atoms with van der Waals surface area (Å²) in [7, 11) is 1.83. The van der Waals surface area contributed by atoms with Gasteiger partial charge in [0, 0.05) is 58.9 Å². The van der Waals surface area contributed by atoms with Crippen LogP contribution in [0, 0.1) is 5.92 Å². The summed E-state index contributed by atoms with van der Waals surface area (Å²) < 4.78 is 5.30. The highest BCUT2D eigenvalue weighted by Gasteiger charge is 2.20. The summed E-state index contributed by atoms with van der Waals surface area (Å²) >= 11 is 0. The molecule has 0 amide bonds. The molecule has 0 atom stereocenters. The average molecular weight is 499 g/mol. The zero-order chi connectivity index (χ0) is 19.1. The van der Waals surface area contributed by atoms with Crippen LogP contribution < -0.4 is 5.32 Å². The molecular formula is C19H30IN7O. The number of nitrogens with one attached hydrogen (secondary N) is 1. The first-order chi connectivity index (χ1) is 13.2. The summed E-state index contributed by atoms with van der Waals surface area (Å²) in [5.74, 6) is 2.77. The van der Waals surface area contributed by atoms with Gasteiger partial charge < -0.3 is 14.7 Å². The minimum absolute atomic E-state index is 0. The lowest BCUT2D eigenvalue weighted by Crippen LogP contribution is -2.53. The van der Waals surface area contributed by atoms with Gasteiger partial charge in [0.25, 0.3) is 5.89 Å². The van der Waals surface area contributed by atoms with Gasteiger partial charge in [0.1, 0.15) is 5.69 Å². The first kappa shape index (κ1) is 22.5. The quantitative estimate of drug-likeness (QED) is 0.371. The molecular weight excluding hydrogens is 469 g/mol. The molecule has 0 bridgehead atoms. The molecule has 1 aliphatic rings. The zero-order valence-corrected chi connectivity index (χ0v) is 19.2. The molecule has 1 saturated heterocycles. The molecule has 9 heteroatoms. The number of rotatable bonds is 6. The molecule has 2 aromatic rings. The van der Waals surface area contributed by atoms with E-state index in [1.54, 1.807) is 6.20 Å². The number of aromatic nitrogens is 3. The molecule has 0 radical (unpaired) electrons. The fourth-order valence-corrected chi connectivity index (χ4v) is 3.23. The molecule has 8 nitrogen and oxygen atoms in total. The Bertz CT molecular complexity index is 727. The maximum absolute atomic E-state index is 5.30. The predicted octanol–water partition coefficient (Wildman–Crippen LogP) is 2.14. The van der Waals surface area contributed by atoms with Crippen molar-refractivity contribution in [3.63, 3.8) is 0 Å². The highest BCUT2D eigenvalue weighted by Crippen LogP contribution is 2.13. The van der Waals surface area contributed by atoms with Gasteiger partial charge in [-0.15, -0.1) is 24.0 Å². The molecule has 3 heterocycles. The van der Waals surface area contributed by atoms with Gasteiger partial charge in [0.2, 0.25) is 0 Å². The van der Waals surface area contributed by atoms with Gasteiger partial charge in [0.15, 0.2) is 11.8 Å². The molecule has 1 fully saturated rings. The Morgan fingerprint density at radius 2 is 2.04 bits per heavy atom. The number of guanidine groups is 1. The van der Waals surface area contributed by atoms with Crippen molar-refractivity contribution in [3.05, 3.63) is 30.2 Å². The van der Waals surface area contributed by atoms with Crippen molar-refractivity contribution >= 4 is 29.9 Å². The number of piperazine rings is 1. The molecule has 1 N–H and O–H groups in total. The minimum atomic E-state index is 0. The van der Waals surface area contributed by atoms with Crippen LogP contribution >= 0.6 is 24.0 Å². The van der Waals surface area contributed by atoms with E-state index in [2.05, 4.69) is 49.1 Å². The average Bonchev–Trinajstić information content (AvgIpc) is 3.15. The number of nitrogens with zero attached hydrogens (tertiary/aromatic N) is 6. The van der Waals surface area contributed by atoms with Crippen LogP contribution in [-0.4, -0.2) is 77.2 Å². The lowest BCUT2D eigenvalue weighted by Gasteiger charge is -2.37. The van der Waals surface area contributed by atoms with Gasteiger partial charge in [-0.3, -0.25) is 14.9 Å². The largest absolute Gasteiger partial charge is 0.356 e. The molecule has 0 aromatic carbocycles. The summed E-state index contributed by atoms with van der Waals surface area (Å²) in [6.45, 7) is 10.6. The lowest BCUT2D eigenvalue weighted by atomic mass is 10.2. The second-order valence-electron chi connectivity index (χ2n) is 7.14. The smallest absolute Gasteiger partial charge is 0.276 e. The van der Waals surface area contributed by atoms with Gasteiger partial charge in [-0.25, -0.2) is 0 Å². The van der Waals surface area contributed by atoms with E-state index in [-0.39, 0.29) is 24.0 Å². The Morgan fingerprint density at radius 1 is 1.25 bits per heavy atom. The molecule has 0 unspecified atom stereocenters. The third-order valence-corrected chi connectivity index (χ3v) is 4.49. The molecule has 28 heavy (non-hydrogen) atoms. The van der Waals surface area contributed by atoms with E-state index in [9.17, 15) is 0 Å². The highest BCUT2D eigenvalue weighted by atomic mass is 127. The first-order valence-electron chi connectivity index (χ1n) is 9.57. The fraction of sp³-hybridized carbons (Fsp3) is 0.579. The molecule has 3 rings (SSSR count). The van der Waals surface area contributed by atoms with Crippen molar-refractivity contribution in [2.45, 2.75) is 20.3 Å². The van der Waals surface area contributed by atoms with Crippen LogP contribution in [0.25, 0.3) is 11.6 Å². The van der Waals surface area contributed by atoms with Crippen molar-refractivity contribution in [1.82, 2.24) is 30.2 Å². The Kier molecular flexibility index (Phi) is 9.10. The summed E-state index contributed by atoms with van der Waals surface area (Å²) in [4.78, 5) is 17.9. The van der Waals surface area contributed by atoms with Crippen LogP contribution in [-0.2, 0) is 6.42 Å². The highest BCUT2D eigenvalue weighted by molar-refractivity contribution is 14.0. The van der Waals surface area contributed by atoms with Crippen molar-refractivity contribution in [2.24, 2.45) is 10.9 Å². The fourth-order valence-electron chi connectivity index (χ4n) is 3.23. The van der Waals surface area contributed by atoms with Crippen LogP contribution in [0.15, 0.2) is 33.9 Å². The third-order valence-electron chi connectivity index (χ3n) is 4.49. The summed E-state index contributed by atoms with van der Waals surface area (Å²) in [6.07, 6.45) is 2.38. The Hall–Kier alpha value is -1.75. The Balaban J connectivity index is 0.00000280. The molecule has 0 aliphatic carbocycles. The molecule has 0 spiro atoms. The van der Waals surface area contributed by atoms with Crippen LogP contribution in [0.5, 0.6) is 0 Å². The second-order valence-corrected chi connectivity index (χ2v) is 7.14. The van der Waals surface area contributed by atoms with E-state index >= 15 is 0 Å². The Morgan fingerprint density at radius 3 is 2.68 bits per heavy atom. The summed E-state index contributed by atoms with van der Waals surface area (Å²) in [5, 5.41) is 7.45. The standard InChI is InChI=1S/C19H29N7O.HI/c1-15(2)14-25-10-12-26(13-11-25)19(20-3)22-9-7-17-23-18(27-24-17)16-6-4-5-8-21-16;/h4-6,8,15H,7,9-14H2,1-3H3,(H,20,22);1H. The van der Waals surface area contributed by atoms with Gasteiger partial charge in [-0.2, -0.15) is 4.98 Å². The number of aliphatic imine (C=N–C) groups is 1. The van der Waals surface area contributed by atoms with E-state index in [0.717, 1.165) is 38.7 Å². The van der Waals surface area contributed by atoms with E-state index < -0.39 is 0 Å². The van der Waals surface area contributed by atoms with Crippen molar-refractivity contribution in [3.8, 4) is 11.6 Å². The van der Waals surface area contributed by atoms with Crippen molar-refractivity contribution < 1.29 is 4.52 Å². The van der Waals surface area contributed by atoms with Crippen molar-refractivity contribution in [2.75, 3.05) is 46.3 Å². The summed E-state index contributed by atoms with van der Waals surface area (Å²) in [6, 6.07) is 5.62. The minimum Gasteiger partial charge on any atom is -0.356 e. The lowest BCUT2D eigenvalue weighted by molar-refractivity contribution is 0.164. The monoisotopic (exact) mass is 499 g/mol. The molecule has 154 valence electrons. The number of hydrogen-bond donors (Lipinski definition) is 1. The SMILES string of the molecule is CN=C(NCCc1noc(-c2ccccn2)n1)N1CCN(CC(C)C)CC1.I. The van der Waals surface area contributed by atoms with Crippen molar-refractivity contribution in [1.29, 1.82) is 0 Å². The van der Waals surface area contributed by atoms with Gasteiger partial charge in [-0.05, 0) is 18.1 Å². The third kappa shape index (κ3) is 6.40. The predicted molar refractivity (Wildman–Crippen MR) is 121 cm³/mol. The number of pyridine rings is 1. The molecule has 2 aromatic heterocycles. The van der Waals surface area contributed by atoms with E-state index in [1.807, 2.05) is 25.2 Å². The maximum atomic E-state index is 5.30. The number of halogens is 1. The molecule has 1 aliphatic heterocycles. The topological polar surface area (TPSA) is 82.7 Å². The van der Waals surface area contributed by atoms with E-state index in [0.29, 0.717) is 36.3 Å². The molecule has 0 saturated carbocycles. The van der Waals surface area contributed by atoms with Gasteiger partial charge in [0.05, 0.1) is 0 Å². The maximum Gasteiger partial charge on any atom is 0.276 e. The summed E-state index contributed by atoms with van der Waals surface area (Å²) in [5.41, 5.74) is 0.694. The van der Waals surface area contributed by atoms with Crippen LogP contribution in [0.4, 0.5) is 0 Å². The Labute approximate surface area is 183 Å². The van der Waals surface area contributed by atoms with E-state index in [1.165, 1.54) is 0 Å². The van der Waals surface area contributed by atoms with Gasteiger partial charge >= 0.3 is 0 Å². The van der Waals surface area contributed by atoms with Gasteiger partial charge in [-0.1, -0.05) is 25.1 Å². The van der Waals surface area contributed by atoms with Crippen LogP contribution in [0.3, 0.4) is 0 Å².